The highest BCUT2D eigenvalue weighted by atomic mass is 16.3. The van der Waals surface area contributed by atoms with Crippen LogP contribution in [0.1, 0.15) is 62.5 Å². The van der Waals surface area contributed by atoms with Gasteiger partial charge in [-0.05, 0) is 50.8 Å². The van der Waals surface area contributed by atoms with Crippen molar-refractivity contribution in [1.82, 2.24) is 25.5 Å². The first-order valence-corrected chi connectivity index (χ1v) is 12.2. The lowest BCUT2D eigenvalue weighted by Crippen LogP contribution is -2.55. The highest BCUT2D eigenvalue weighted by Gasteiger charge is 2.39. The summed E-state index contributed by atoms with van der Waals surface area (Å²) >= 11 is 0. The molecule has 1 aromatic carbocycles. The van der Waals surface area contributed by atoms with Gasteiger partial charge in [0.05, 0.1) is 18.6 Å². The van der Waals surface area contributed by atoms with Crippen LogP contribution in [0.15, 0.2) is 47.1 Å². The summed E-state index contributed by atoms with van der Waals surface area (Å²) in [5.74, 6) is 0.0729. The lowest BCUT2D eigenvalue weighted by atomic mass is 9.98. The van der Waals surface area contributed by atoms with Gasteiger partial charge in [-0.2, -0.15) is 0 Å². The molecule has 3 N–H and O–H groups in total. The zero-order valence-corrected chi connectivity index (χ0v) is 20.4. The molecule has 1 aliphatic rings. The minimum Gasteiger partial charge on any atom is -0.451 e. The van der Waals surface area contributed by atoms with Gasteiger partial charge in [0.15, 0.2) is 11.5 Å². The second kappa shape index (κ2) is 10.9. The zero-order chi connectivity index (χ0) is 24.9. The molecule has 3 atom stereocenters. The topological polar surface area (TPSA) is 120 Å². The molecular formula is C26H33N5O4. The van der Waals surface area contributed by atoms with Crippen LogP contribution in [-0.2, 0) is 9.59 Å². The molecule has 2 unspecified atom stereocenters. The molecule has 0 radical (unpaired) electrons. The molecule has 4 rings (SSSR count). The van der Waals surface area contributed by atoms with Crippen LogP contribution in [0.25, 0.3) is 11.0 Å². The van der Waals surface area contributed by atoms with Crippen molar-refractivity contribution < 1.29 is 18.8 Å². The van der Waals surface area contributed by atoms with Crippen molar-refractivity contribution in [3.63, 3.8) is 0 Å². The Bertz CT molecular complexity index is 1140. The van der Waals surface area contributed by atoms with E-state index in [2.05, 4.69) is 20.6 Å². The molecule has 1 fully saturated rings. The Balaban J connectivity index is 1.64. The van der Waals surface area contributed by atoms with Crippen LogP contribution in [0.2, 0.25) is 0 Å². The van der Waals surface area contributed by atoms with Crippen molar-refractivity contribution >= 4 is 28.6 Å². The number of para-hydroxylation sites is 1. The quantitative estimate of drug-likeness (QED) is 0.456. The Kier molecular flexibility index (Phi) is 7.65. The summed E-state index contributed by atoms with van der Waals surface area (Å²) in [6, 6.07) is 7.15. The third-order valence-electron chi connectivity index (χ3n) is 6.38. The molecule has 0 bridgehead atoms. The number of ketones is 1. The summed E-state index contributed by atoms with van der Waals surface area (Å²) in [6.07, 6.45) is 5.06. The van der Waals surface area contributed by atoms with Gasteiger partial charge in [0.2, 0.25) is 5.91 Å². The Labute approximate surface area is 204 Å². The maximum atomic E-state index is 14.1. The minimum atomic E-state index is -0.822. The van der Waals surface area contributed by atoms with Gasteiger partial charge >= 0.3 is 0 Å². The number of nitrogens with one attached hydrogen (secondary N) is 3. The second-order valence-electron chi connectivity index (χ2n) is 9.50. The molecule has 0 spiro atoms. The van der Waals surface area contributed by atoms with Crippen molar-refractivity contribution in [3.8, 4) is 0 Å². The lowest BCUT2D eigenvalue weighted by molar-refractivity contribution is -0.144. The van der Waals surface area contributed by atoms with Gasteiger partial charge in [-0.3, -0.25) is 14.4 Å². The standard InChI is InChI=1S/C26H33N5O4/c1-16(2)13-19(30-25(33)23-14-18-7-4-5-9-22(18)35-23)26(34)31(17(3)24-28-11-12-29-24)20-8-6-10-27-15-21(20)32/h4-5,7,9,11-12,14,16-17,19-20,27H,6,8,10,13,15H2,1-3H3,(H,28,29)(H,30,33)/t17?,19?,20-/m0/s1. The van der Waals surface area contributed by atoms with Crippen molar-refractivity contribution in [2.45, 2.75) is 58.2 Å². The van der Waals surface area contributed by atoms with Crippen molar-refractivity contribution in [3.05, 3.63) is 54.3 Å². The number of imidazole rings is 1. The number of amides is 2. The summed E-state index contributed by atoms with van der Waals surface area (Å²) in [4.78, 5) is 49.3. The minimum absolute atomic E-state index is 0.0406. The van der Waals surface area contributed by atoms with Crippen molar-refractivity contribution in [2.75, 3.05) is 13.1 Å². The van der Waals surface area contributed by atoms with E-state index in [-0.39, 0.29) is 29.9 Å². The molecule has 3 aromatic rings. The Hall–Kier alpha value is -3.46. The first kappa shape index (κ1) is 24.7. The predicted octanol–water partition coefficient (Wildman–Crippen LogP) is 3.21. The first-order valence-electron chi connectivity index (χ1n) is 12.2. The highest BCUT2D eigenvalue weighted by molar-refractivity contribution is 5.99. The number of fused-ring (bicyclic) bond motifs is 1. The second-order valence-corrected chi connectivity index (χ2v) is 9.50. The molecule has 9 nitrogen and oxygen atoms in total. The summed E-state index contributed by atoms with van der Waals surface area (Å²) in [7, 11) is 0. The molecule has 1 aliphatic heterocycles. The van der Waals surface area contributed by atoms with Gasteiger partial charge < -0.3 is 24.9 Å². The number of H-pyrrole nitrogens is 1. The number of aromatic nitrogens is 2. The van der Waals surface area contributed by atoms with E-state index in [0.29, 0.717) is 24.2 Å². The average molecular weight is 480 g/mol. The molecule has 35 heavy (non-hydrogen) atoms. The molecular weight excluding hydrogens is 446 g/mol. The number of carbonyl (C=O) groups is 3. The van der Waals surface area contributed by atoms with E-state index in [0.717, 1.165) is 18.4 Å². The van der Waals surface area contributed by atoms with Gasteiger partial charge in [-0.1, -0.05) is 32.0 Å². The van der Waals surface area contributed by atoms with E-state index in [4.69, 9.17) is 4.42 Å². The molecule has 2 amide bonds. The fourth-order valence-corrected chi connectivity index (χ4v) is 4.65. The highest BCUT2D eigenvalue weighted by Crippen LogP contribution is 2.26. The summed E-state index contributed by atoms with van der Waals surface area (Å²) in [5.41, 5.74) is 0.606. The molecule has 2 aromatic heterocycles. The third-order valence-corrected chi connectivity index (χ3v) is 6.38. The van der Waals surface area contributed by atoms with Crippen LogP contribution in [0.5, 0.6) is 0 Å². The first-order chi connectivity index (χ1) is 16.8. The molecule has 3 heterocycles. The smallest absolute Gasteiger partial charge is 0.287 e. The van der Waals surface area contributed by atoms with E-state index in [1.807, 2.05) is 39.0 Å². The molecule has 1 saturated heterocycles. The van der Waals surface area contributed by atoms with Crippen molar-refractivity contribution in [2.24, 2.45) is 5.92 Å². The van der Waals surface area contributed by atoms with Gasteiger partial charge in [0.1, 0.15) is 17.4 Å². The number of furan rings is 1. The maximum absolute atomic E-state index is 14.1. The summed E-state index contributed by atoms with van der Waals surface area (Å²) in [6.45, 7) is 6.77. The van der Waals surface area contributed by atoms with Crippen LogP contribution >= 0.6 is 0 Å². The SMILES string of the molecule is CC(C)CC(NC(=O)c1cc2ccccc2o1)C(=O)N(C(C)c1ncc[nH]1)[C@H]1CCCNCC1=O. The zero-order valence-electron chi connectivity index (χ0n) is 20.4. The summed E-state index contributed by atoms with van der Waals surface area (Å²) < 4.78 is 5.72. The number of hydrogen-bond acceptors (Lipinski definition) is 6. The summed E-state index contributed by atoms with van der Waals surface area (Å²) in [5, 5.41) is 6.84. The molecule has 0 saturated carbocycles. The lowest BCUT2D eigenvalue weighted by Gasteiger charge is -2.37. The molecule has 186 valence electrons. The number of aromatic amines is 1. The largest absolute Gasteiger partial charge is 0.451 e. The molecule has 0 aliphatic carbocycles. The van der Waals surface area contributed by atoms with E-state index in [9.17, 15) is 14.4 Å². The van der Waals surface area contributed by atoms with Crippen LogP contribution in [0.3, 0.4) is 0 Å². The van der Waals surface area contributed by atoms with E-state index < -0.39 is 24.0 Å². The Morgan fingerprint density at radius 3 is 2.77 bits per heavy atom. The number of Topliss-reactive ketones (excluding diaryl/α,β-unsaturated/α-hetero) is 1. The fraction of sp³-hybridized carbons (Fsp3) is 0.462. The fourth-order valence-electron chi connectivity index (χ4n) is 4.65. The number of hydrogen-bond donors (Lipinski definition) is 3. The van der Waals surface area contributed by atoms with Crippen LogP contribution < -0.4 is 10.6 Å². The number of benzene rings is 1. The van der Waals surface area contributed by atoms with Crippen LogP contribution in [0, 0.1) is 5.92 Å². The van der Waals surface area contributed by atoms with Crippen molar-refractivity contribution in [1.29, 1.82) is 0 Å². The van der Waals surface area contributed by atoms with Gasteiger partial charge in [-0.25, -0.2) is 4.98 Å². The van der Waals surface area contributed by atoms with Gasteiger partial charge in [-0.15, -0.1) is 0 Å². The van der Waals surface area contributed by atoms with Crippen LogP contribution in [0.4, 0.5) is 0 Å². The number of rotatable bonds is 8. The van der Waals surface area contributed by atoms with Gasteiger partial charge in [0, 0.05) is 17.8 Å². The predicted molar refractivity (Wildman–Crippen MR) is 132 cm³/mol. The third kappa shape index (κ3) is 5.62. The van der Waals surface area contributed by atoms with E-state index >= 15 is 0 Å². The maximum Gasteiger partial charge on any atom is 0.287 e. The van der Waals surface area contributed by atoms with E-state index in [1.165, 1.54) is 0 Å². The van der Waals surface area contributed by atoms with Crippen LogP contribution in [-0.4, -0.2) is 57.6 Å². The average Bonchev–Trinajstić information content (AvgIpc) is 3.47. The Morgan fingerprint density at radius 2 is 2.06 bits per heavy atom. The molecule has 9 heteroatoms. The van der Waals surface area contributed by atoms with E-state index in [1.54, 1.807) is 29.4 Å². The Morgan fingerprint density at radius 1 is 1.26 bits per heavy atom. The number of nitrogens with zero attached hydrogens (tertiary/aromatic N) is 2. The van der Waals surface area contributed by atoms with Gasteiger partial charge in [0.25, 0.3) is 5.91 Å². The number of carbonyl (C=O) groups excluding carboxylic acids is 3. The normalized spacial score (nSPS) is 18.3. The monoisotopic (exact) mass is 479 g/mol.